The van der Waals surface area contributed by atoms with E-state index in [1.807, 2.05) is 0 Å². The number of morpholine rings is 1. The largest absolute Gasteiger partial charge is 0.381 e. The summed E-state index contributed by atoms with van der Waals surface area (Å²) in [6, 6.07) is 9.16. The molecule has 0 aromatic heterocycles. The van der Waals surface area contributed by atoms with Crippen LogP contribution in [0.15, 0.2) is 52.3 Å². The highest BCUT2D eigenvalue weighted by Crippen LogP contribution is 2.30. The Kier molecular flexibility index (Phi) is 7.19. The fraction of sp³-hybridized carbons (Fsp3) is 0.429. The summed E-state index contributed by atoms with van der Waals surface area (Å²) < 4.78 is 80.7. The van der Waals surface area contributed by atoms with Crippen LogP contribution in [0.1, 0.15) is 12.8 Å². The van der Waals surface area contributed by atoms with Gasteiger partial charge in [-0.2, -0.15) is 4.31 Å². The SMILES string of the molecule is O=S(=O)(Nc1cc(S(=O)(=O)N2CCOCC2)ccc1NC[C@@H]1CCCO1)c1ccccc1F. The fourth-order valence-corrected chi connectivity index (χ4v) is 6.34. The minimum absolute atomic E-state index is 0.00517. The lowest BCUT2D eigenvalue weighted by molar-refractivity contribution is 0.0730. The molecule has 12 heteroatoms. The second-order valence-corrected chi connectivity index (χ2v) is 11.4. The number of hydrogen-bond acceptors (Lipinski definition) is 7. The van der Waals surface area contributed by atoms with E-state index < -0.39 is 30.8 Å². The van der Waals surface area contributed by atoms with Gasteiger partial charge in [0.25, 0.3) is 10.0 Å². The zero-order chi connectivity index (χ0) is 23.5. The minimum atomic E-state index is -4.32. The number of benzene rings is 2. The first-order valence-electron chi connectivity index (χ1n) is 10.6. The summed E-state index contributed by atoms with van der Waals surface area (Å²) in [4.78, 5) is -0.602. The lowest BCUT2D eigenvalue weighted by atomic mass is 10.2. The standard InChI is InChI=1S/C21H26FN3O6S2/c22-18-5-1-2-6-21(18)32(26,27)24-20-14-17(33(28,29)25-9-12-30-13-10-25)7-8-19(20)23-15-16-4-3-11-31-16/h1-2,5-8,14,16,23-24H,3-4,9-13,15H2/t16-/m0/s1. The molecule has 2 aliphatic rings. The Labute approximate surface area is 193 Å². The van der Waals surface area contributed by atoms with Crippen molar-refractivity contribution in [3.8, 4) is 0 Å². The van der Waals surface area contributed by atoms with E-state index in [0.717, 1.165) is 25.0 Å². The van der Waals surface area contributed by atoms with Crippen molar-refractivity contribution in [2.75, 3.05) is 49.5 Å². The molecule has 0 aliphatic carbocycles. The van der Waals surface area contributed by atoms with E-state index in [1.165, 1.54) is 34.6 Å². The van der Waals surface area contributed by atoms with Crippen molar-refractivity contribution in [2.24, 2.45) is 0 Å². The molecule has 2 heterocycles. The molecule has 0 bridgehead atoms. The average molecular weight is 500 g/mol. The quantitative estimate of drug-likeness (QED) is 0.573. The topological polar surface area (TPSA) is 114 Å². The van der Waals surface area contributed by atoms with Crippen molar-refractivity contribution in [2.45, 2.75) is 28.7 Å². The summed E-state index contributed by atoms with van der Waals surface area (Å²) in [6.45, 7) is 2.06. The summed E-state index contributed by atoms with van der Waals surface area (Å²) in [5, 5.41) is 3.13. The van der Waals surface area contributed by atoms with E-state index in [1.54, 1.807) is 0 Å². The van der Waals surface area contributed by atoms with Gasteiger partial charge in [0.05, 0.1) is 35.6 Å². The van der Waals surface area contributed by atoms with Gasteiger partial charge in [0, 0.05) is 26.2 Å². The average Bonchev–Trinajstić information content (AvgIpc) is 3.32. The van der Waals surface area contributed by atoms with E-state index in [9.17, 15) is 21.2 Å². The van der Waals surface area contributed by atoms with Gasteiger partial charge in [-0.15, -0.1) is 0 Å². The van der Waals surface area contributed by atoms with E-state index in [4.69, 9.17) is 9.47 Å². The van der Waals surface area contributed by atoms with Crippen LogP contribution in [-0.4, -0.2) is 66.7 Å². The van der Waals surface area contributed by atoms with Crippen molar-refractivity contribution in [3.63, 3.8) is 0 Å². The van der Waals surface area contributed by atoms with Crippen molar-refractivity contribution < 1.29 is 30.7 Å². The molecule has 2 aromatic rings. The Morgan fingerprint density at radius 1 is 1.00 bits per heavy atom. The van der Waals surface area contributed by atoms with E-state index in [0.29, 0.717) is 18.8 Å². The first-order valence-corrected chi connectivity index (χ1v) is 13.5. The van der Waals surface area contributed by atoms with Crippen molar-refractivity contribution in [1.82, 2.24) is 4.31 Å². The van der Waals surface area contributed by atoms with Gasteiger partial charge in [0.2, 0.25) is 10.0 Å². The third-order valence-electron chi connectivity index (χ3n) is 5.51. The molecule has 0 radical (unpaired) electrons. The molecular weight excluding hydrogens is 473 g/mol. The number of hydrogen-bond donors (Lipinski definition) is 2. The molecule has 0 saturated carbocycles. The van der Waals surface area contributed by atoms with Gasteiger partial charge < -0.3 is 14.8 Å². The number of halogens is 1. The minimum Gasteiger partial charge on any atom is -0.381 e. The Bertz CT molecular complexity index is 1190. The Hall–Kier alpha value is -2.25. The molecule has 0 spiro atoms. The molecular formula is C21H26FN3O6S2. The fourth-order valence-electron chi connectivity index (χ4n) is 3.75. The van der Waals surface area contributed by atoms with Crippen LogP contribution >= 0.6 is 0 Å². The molecule has 2 aromatic carbocycles. The maximum absolute atomic E-state index is 14.2. The molecule has 0 unspecified atom stereocenters. The van der Waals surface area contributed by atoms with E-state index in [2.05, 4.69) is 10.0 Å². The summed E-state index contributed by atoms with van der Waals surface area (Å²) in [5.41, 5.74) is 0.372. The number of sulfonamides is 2. The maximum Gasteiger partial charge on any atom is 0.264 e. The smallest absolute Gasteiger partial charge is 0.264 e. The molecule has 2 N–H and O–H groups in total. The zero-order valence-electron chi connectivity index (χ0n) is 17.9. The molecule has 4 rings (SSSR count). The van der Waals surface area contributed by atoms with Crippen molar-refractivity contribution >= 4 is 31.4 Å². The van der Waals surface area contributed by atoms with Gasteiger partial charge in [0.15, 0.2) is 0 Å². The Morgan fingerprint density at radius 2 is 1.76 bits per heavy atom. The van der Waals surface area contributed by atoms with Crippen LogP contribution < -0.4 is 10.0 Å². The Balaban J connectivity index is 1.67. The first kappa shape index (κ1) is 23.9. The van der Waals surface area contributed by atoms with Crippen LogP contribution in [0.4, 0.5) is 15.8 Å². The summed E-state index contributed by atoms with van der Waals surface area (Å²) in [6.07, 6.45) is 1.78. The van der Waals surface area contributed by atoms with Crippen molar-refractivity contribution in [1.29, 1.82) is 0 Å². The number of nitrogens with zero attached hydrogens (tertiary/aromatic N) is 1. The third kappa shape index (κ3) is 5.46. The molecule has 9 nitrogen and oxygen atoms in total. The molecule has 0 amide bonds. The first-order chi connectivity index (χ1) is 15.8. The molecule has 2 saturated heterocycles. The summed E-state index contributed by atoms with van der Waals surface area (Å²) in [5.74, 6) is -0.907. The predicted molar refractivity (Wildman–Crippen MR) is 121 cm³/mol. The molecule has 1 atom stereocenters. The highest BCUT2D eigenvalue weighted by Gasteiger charge is 2.28. The van der Waals surface area contributed by atoms with Gasteiger partial charge in [0.1, 0.15) is 10.7 Å². The van der Waals surface area contributed by atoms with Gasteiger partial charge in [-0.25, -0.2) is 21.2 Å². The van der Waals surface area contributed by atoms with Crippen LogP contribution in [0.25, 0.3) is 0 Å². The number of ether oxygens (including phenoxy) is 2. The monoisotopic (exact) mass is 499 g/mol. The second-order valence-electron chi connectivity index (χ2n) is 7.78. The lowest BCUT2D eigenvalue weighted by Gasteiger charge is -2.26. The van der Waals surface area contributed by atoms with Crippen LogP contribution in [0, 0.1) is 5.82 Å². The zero-order valence-corrected chi connectivity index (χ0v) is 19.5. The van der Waals surface area contributed by atoms with E-state index >= 15 is 0 Å². The van der Waals surface area contributed by atoms with E-state index in [-0.39, 0.29) is 43.0 Å². The lowest BCUT2D eigenvalue weighted by Crippen LogP contribution is -2.40. The van der Waals surface area contributed by atoms with Crippen LogP contribution in [0.2, 0.25) is 0 Å². The van der Waals surface area contributed by atoms with Gasteiger partial charge in [-0.05, 0) is 43.2 Å². The molecule has 2 aliphatic heterocycles. The second kappa shape index (κ2) is 9.94. The molecule has 33 heavy (non-hydrogen) atoms. The Morgan fingerprint density at radius 3 is 2.45 bits per heavy atom. The normalized spacial score (nSPS) is 20.0. The van der Waals surface area contributed by atoms with Crippen LogP contribution in [0.5, 0.6) is 0 Å². The summed E-state index contributed by atoms with van der Waals surface area (Å²) in [7, 11) is -8.18. The summed E-state index contributed by atoms with van der Waals surface area (Å²) >= 11 is 0. The highest BCUT2D eigenvalue weighted by atomic mass is 32.2. The number of nitrogens with one attached hydrogen (secondary N) is 2. The number of rotatable bonds is 8. The van der Waals surface area contributed by atoms with Crippen LogP contribution in [0.3, 0.4) is 0 Å². The van der Waals surface area contributed by atoms with Crippen LogP contribution in [-0.2, 0) is 29.5 Å². The third-order valence-corrected chi connectivity index (χ3v) is 8.81. The predicted octanol–water partition coefficient (Wildman–Crippen LogP) is 2.24. The number of anilines is 2. The van der Waals surface area contributed by atoms with Gasteiger partial charge >= 0.3 is 0 Å². The van der Waals surface area contributed by atoms with Crippen molar-refractivity contribution in [3.05, 3.63) is 48.3 Å². The van der Waals surface area contributed by atoms with Gasteiger partial charge in [-0.3, -0.25) is 4.72 Å². The molecule has 180 valence electrons. The molecule has 2 fully saturated rings. The highest BCUT2D eigenvalue weighted by molar-refractivity contribution is 7.92. The van der Waals surface area contributed by atoms with Gasteiger partial charge in [-0.1, -0.05) is 12.1 Å². The maximum atomic E-state index is 14.2.